The van der Waals surface area contributed by atoms with Gasteiger partial charge in [-0.1, -0.05) is 17.7 Å². The number of amides is 1. The van der Waals surface area contributed by atoms with Crippen LogP contribution in [0.25, 0.3) is 6.08 Å². The molecule has 1 aromatic carbocycles. The monoisotopic (exact) mass is 456 g/mol. The minimum Gasteiger partial charge on any atom is -0.508 e. The predicted molar refractivity (Wildman–Crippen MR) is 124 cm³/mol. The number of hydrogen-bond donors (Lipinski definition) is 3. The van der Waals surface area contributed by atoms with Crippen LogP contribution in [-0.2, 0) is 14.4 Å². The van der Waals surface area contributed by atoms with Crippen molar-refractivity contribution in [2.24, 2.45) is 0 Å². The standard InChI is InChI=1S/C25H32N2O6/c1-18-9-5-2-3-8-12-32-25(31)24-19(15-21(28)16-22(24)29)14-20(13-18)26-33-17-23(30)27-10-6-4-7-11-27/h2-3,13-16,26,28-29H,4-12,17H2,1H3/b3-2?,18-13+,20-14-. The van der Waals surface area contributed by atoms with E-state index in [1.54, 1.807) is 11.0 Å². The Bertz CT molecular complexity index is 944. The van der Waals surface area contributed by atoms with Crippen LogP contribution in [0.15, 0.2) is 41.6 Å². The summed E-state index contributed by atoms with van der Waals surface area (Å²) in [5.74, 6) is -1.35. The first-order chi connectivity index (χ1) is 15.9. The lowest BCUT2D eigenvalue weighted by Gasteiger charge is -2.26. The van der Waals surface area contributed by atoms with Gasteiger partial charge in [-0.2, -0.15) is 0 Å². The van der Waals surface area contributed by atoms with Gasteiger partial charge in [0.15, 0.2) is 6.61 Å². The number of hydrogen-bond acceptors (Lipinski definition) is 7. The van der Waals surface area contributed by atoms with Crippen molar-refractivity contribution in [1.29, 1.82) is 0 Å². The number of carbonyl (C=O) groups excluding carboxylic acids is 2. The number of phenols is 2. The molecule has 0 unspecified atom stereocenters. The zero-order valence-corrected chi connectivity index (χ0v) is 19.0. The van der Waals surface area contributed by atoms with Crippen LogP contribution in [0, 0.1) is 0 Å². The molecule has 3 N–H and O–H groups in total. The number of piperidine rings is 1. The molecule has 2 aliphatic heterocycles. The molecule has 0 bridgehead atoms. The van der Waals surface area contributed by atoms with Gasteiger partial charge < -0.3 is 19.8 Å². The highest BCUT2D eigenvalue weighted by atomic mass is 16.6. The summed E-state index contributed by atoms with van der Waals surface area (Å²) in [5.41, 5.74) is 4.54. The molecule has 0 aromatic heterocycles. The van der Waals surface area contributed by atoms with Crippen molar-refractivity contribution in [3.05, 3.63) is 52.8 Å². The summed E-state index contributed by atoms with van der Waals surface area (Å²) >= 11 is 0. The number of phenolic OH excluding ortho intramolecular Hbond substituents is 2. The number of allylic oxidation sites excluding steroid dienone is 3. The molecular formula is C25H32N2O6. The minimum atomic E-state index is -0.689. The van der Waals surface area contributed by atoms with Crippen molar-refractivity contribution in [2.45, 2.75) is 45.4 Å². The van der Waals surface area contributed by atoms with Crippen molar-refractivity contribution in [3.63, 3.8) is 0 Å². The normalized spacial score (nSPS) is 21.0. The van der Waals surface area contributed by atoms with Gasteiger partial charge in [0.2, 0.25) is 0 Å². The number of fused-ring (bicyclic) bond motifs is 1. The highest BCUT2D eigenvalue weighted by Gasteiger charge is 2.20. The average Bonchev–Trinajstić information content (AvgIpc) is 2.77. The van der Waals surface area contributed by atoms with Crippen LogP contribution < -0.4 is 5.48 Å². The van der Waals surface area contributed by atoms with E-state index in [4.69, 9.17) is 9.57 Å². The molecule has 1 fully saturated rings. The smallest absolute Gasteiger partial charge is 0.342 e. The van der Waals surface area contributed by atoms with Crippen LogP contribution in [0.3, 0.4) is 0 Å². The third-order valence-electron chi connectivity index (χ3n) is 5.53. The number of hydroxylamine groups is 1. The summed E-state index contributed by atoms with van der Waals surface area (Å²) in [7, 11) is 0. The van der Waals surface area contributed by atoms with E-state index in [1.165, 1.54) is 6.07 Å². The van der Waals surface area contributed by atoms with E-state index in [9.17, 15) is 19.8 Å². The zero-order chi connectivity index (χ0) is 23.6. The lowest BCUT2D eigenvalue weighted by atomic mass is 10.0. The van der Waals surface area contributed by atoms with E-state index < -0.39 is 5.97 Å². The highest BCUT2D eigenvalue weighted by Crippen LogP contribution is 2.30. The number of cyclic esters (lactones) is 1. The molecule has 3 rings (SSSR count). The topological polar surface area (TPSA) is 108 Å². The Labute approximate surface area is 194 Å². The van der Waals surface area contributed by atoms with Gasteiger partial charge in [0.05, 0.1) is 12.3 Å². The van der Waals surface area contributed by atoms with Gasteiger partial charge in [0.1, 0.15) is 17.1 Å². The van der Waals surface area contributed by atoms with E-state index >= 15 is 0 Å². The summed E-state index contributed by atoms with van der Waals surface area (Å²) in [6.07, 6.45) is 12.8. The number of ether oxygens (including phenoxy) is 1. The Morgan fingerprint density at radius 1 is 1.12 bits per heavy atom. The molecule has 33 heavy (non-hydrogen) atoms. The molecule has 0 atom stereocenters. The number of rotatable bonds is 4. The number of likely N-dealkylation sites (tertiary alicyclic amines) is 1. The quantitative estimate of drug-likeness (QED) is 0.359. The SMILES string of the molecule is C/C1=C\C(NOCC(=O)N2CCCCC2)=C\c2cc(O)cc(O)c2C(=O)OCCC=CCC1. The van der Waals surface area contributed by atoms with Crippen molar-refractivity contribution in [3.8, 4) is 11.5 Å². The van der Waals surface area contributed by atoms with E-state index in [0.717, 1.165) is 56.8 Å². The molecule has 2 heterocycles. The molecule has 0 radical (unpaired) electrons. The average molecular weight is 457 g/mol. The molecule has 0 spiro atoms. The van der Waals surface area contributed by atoms with Crippen LogP contribution in [0.4, 0.5) is 0 Å². The van der Waals surface area contributed by atoms with Crippen LogP contribution in [0.5, 0.6) is 11.5 Å². The van der Waals surface area contributed by atoms with Crippen LogP contribution in [0.1, 0.15) is 61.4 Å². The molecule has 8 nitrogen and oxygen atoms in total. The fraction of sp³-hybridized carbons (Fsp3) is 0.440. The summed E-state index contributed by atoms with van der Waals surface area (Å²) in [5, 5.41) is 20.3. The number of carbonyl (C=O) groups is 2. The molecule has 1 aromatic rings. The number of aromatic hydroxyl groups is 2. The van der Waals surface area contributed by atoms with E-state index in [1.807, 2.05) is 25.2 Å². The van der Waals surface area contributed by atoms with Gasteiger partial charge in [0.25, 0.3) is 5.91 Å². The Kier molecular flexibility index (Phi) is 8.95. The third kappa shape index (κ3) is 7.39. The predicted octanol–water partition coefficient (Wildman–Crippen LogP) is 3.82. The first-order valence-corrected chi connectivity index (χ1v) is 11.4. The van der Waals surface area contributed by atoms with Gasteiger partial charge in [-0.15, -0.1) is 0 Å². The Hall–Kier alpha value is -3.26. The first-order valence-electron chi connectivity index (χ1n) is 11.4. The van der Waals surface area contributed by atoms with E-state index in [2.05, 4.69) is 5.48 Å². The number of nitrogens with zero attached hydrogens (tertiary/aromatic N) is 1. The second kappa shape index (κ2) is 12.1. The maximum atomic E-state index is 12.6. The first kappa shape index (κ1) is 24.4. The summed E-state index contributed by atoms with van der Waals surface area (Å²) in [6.45, 7) is 3.51. The number of benzene rings is 1. The molecule has 1 saturated heterocycles. The van der Waals surface area contributed by atoms with E-state index in [0.29, 0.717) is 12.1 Å². The van der Waals surface area contributed by atoms with Gasteiger partial charge in [0, 0.05) is 19.2 Å². The fourth-order valence-corrected chi connectivity index (χ4v) is 3.83. The highest BCUT2D eigenvalue weighted by molar-refractivity contribution is 5.97. The van der Waals surface area contributed by atoms with Crippen molar-refractivity contribution < 1.29 is 29.4 Å². The zero-order valence-electron chi connectivity index (χ0n) is 19.0. The molecule has 8 heteroatoms. The van der Waals surface area contributed by atoms with Crippen molar-refractivity contribution in [2.75, 3.05) is 26.3 Å². The summed E-state index contributed by atoms with van der Waals surface area (Å²) in [6, 6.07) is 2.46. The summed E-state index contributed by atoms with van der Waals surface area (Å²) in [4.78, 5) is 32.3. The Balaban J connectivity index is 1.85. The second-order valence-corrected chi connectivity index (χ2v) is 8.29. The number of nitrogens with one attached hydrogen (secondary N) is 1. The lowest BCUT2D eigenvalue weighted by molar-refractivity contribution is -0.139. The van der Waals surface area contributed by atoms with Crippen LogP contribution in [0.2, 0.25) is 0 Å². The van der Waals surface area contributed by atoms with Crippen molar-refractivity contribution >= 4 is 18.0 Å². The molecule has 178 valence electrons. The molecule has 2 aliphatic rings. The Morgan fingerprint density at radius 2 is 1.88 bits per heavy atom. The molecular weight excluding hydrogens is 424 g/mol. The maximum Gasteiger partial charge on any atom is 0.342 e. The molecule has 0 saturated carbocycles. The van der Waals surface area contributed by atoms with Crippen LogP contribution >= 0.6 is 0 Å². The largest absolute Gasteiger partial charge is 0.508 e. The molecule has 0 aliphatic carbocycles. The van der Waals surface area contributed by atoms with Gasteiger partial charge in [-0.3, -0.25) is 15.1 Å². The lowest BCUT2D eigenvalue weighted by Crippen LogP contribution is -2.39. The van der Waals surface area contributed by atoms with Gasteiger partial charge in [-0.25, -0.2) is 4.79 Å². The van der Waals surface area contributed by atoms with Crippen molar-refractivity contribution in [1.82, 2.24) is 10.4 Å². The van der Waals surface area contributed by atoms with Gasteiger partial charge >= 0.3 is 5.97 Å². The Morgan fingerprint density at radius 3 is 2.67 bits per heavy atom. The minimum absolute atomic E-state index is 0.0522. The maximum absolute atomic E-state index is 12.6. The van der Waals surface area contributed by atoms with E-state index in [-0.39, 0.29) is 41.7 Å². The summed E-state index contributed by atoms with van der Waals surface area (Å²) < 4.78 is 5.29. The van der Waals surface area contributed by atoms with Crippen LogP contribution in [-0.4, -0.2) is 53.3 Å². The van der Waals surface area contributed by atoms with Gasteiger partial charge in [-0.05, 0) is 69.2 Å². The number of esters is 1. The molecule has 1 amide bonds. The fourth-order valence-electron chi connectivity index (χ4n) is 3.83. The second-order valence-electron chi connectivity index (χ2n) is 8.29. The third-order valence-corrected chi connectivity index (χ3v) is 5.53.